The molecule has 0 aliphatic carbocycles. The van der Waals surface area contributed by atoms with E-state index in [1.807, 2.05) is 62.5 Å². The van der Waals surface area contributed by atoms with Gasteiger partial charge in [0.2, 0.25) is 4.96 Å². The number of aryl methyl sites for hydroxylation is 3. The minimum Gasteiger partial charge on any atom is -0.347 e. The third-order valence-electron chi connectivity index (χ3n) is 5.06. The number of hydrogen-bond donors (Lipinski definition) is 2. The first-order valence-corrected chi connectivity index (χ1v) is 10.9. The van der Waals surface area contributed by atoms with E-state index in [4.69, 9.17) is 0 Å². The van der Waals surface area contributed by atoms with Crippen LogP contribution in [0.4, 0.5) is 5.69 Å². The molecule has 0 aliphatic heterocycles. The molecule has 31 heavy (non-hydrogen) atoms. The molecule has 2 amide bonds. The van der Waals surface area contributed by atoms with Crippen molar-refractivity contribution in [3.8, 4) is 11.4 Å². The summed E-state index contributed by atoms with van der Waals surface area (Å²) in [5.41, 5.74) is 5.84. The highest BCUT2D eigenvalue weighted by molar-refractivity contribution is 7.15. The van der Waals surface area contributed by atoms with Crippen LogP contribution in [0.3, 0.4) is 0 Å². The molecule has 0 radical (unpaired) electrons. The number of hydrogen-bond acceptors (Lipinski definition) is 5. The maximum absolute atomic E-state index is 12.2. The molecule has 7 nitrogen and oxygen atoms in total. The summed E-state index contributed by atoms with van der Waals surface area (Å²) < 4.78 is 1.80. The second-order valence-electron chi connectivity index (χ2n) is 7.49. The Morgan fingerprint density at radius 2 is 1.87 bits per heavy atom. The van der Waals surface area contributed by atoms with E-state index in [0.29, 0.717) is 24.5 Å². The Morgan fingerprint density at radius 3 is 2.65 bits per heavy atom. The normalized spacial score (nSPS) is 10.9. The highest BCUT2D eigenvalue weighted by Gasteiger charge is 2.15. The van der Waals surface area contributed by atoms with E-state index >= 15 is 0 Å². The predicted octanol–water partition coefficient (Wildman–Crippen LogP) is 3.68. The number of rotatable bonds is 5. The van der Waals surface area contributed by atoms with Gasteiger partial charge in [0.1, 0.15) is 0 Å². The van der Waals surface area contributed by atoms with Gasteiger partial charge in [-0.05, 0) is 50.1 Å². The van der Waals surface area contributed by atoms with Crippen LogP contribution in [0.15, 0.2) is 47.8 Å². The zero-order valence-electron chi connectivity index (χ0n) is 17.6. The van der Waals surface area contributed by atoms with Gasteiger partial charge < -0.3 is 10.6 Å². The highest BCUT2D eigenvalue weighted by Crippen LogP contribution is 2.21. The van der Waals surface area contributed by atoms with Crippen LogP contribution in [-0.2, 0) is 16.0 Å². The van der Waals surface area contributed by atoms with Crippen LogP contribution in [0.5, 0.6) is 0 Å². The summed E-state index contributed by atoms with van der Waals surface area (Å²) in [7, 11) is 0. The fourth-order valence-corrected chi connectivity index (χ4v) is 4.05. The summed E-state index contributed by atoms with van der Waals surface area (Å²) >= 11 is 1.50. The molecule has 0 fully saturated rings. The summed E-state index contributed by atoms with van der Waals surface area (Å²) in [6, 6.07) is 13.6. The SMILES string of the molecule is Cc1cccc(-c2nc3scc(CCNC(=O)C(=O)Nc4ccc(C)c(C)c4)n3n2)c1. The van der Waals surface area contributed by atoms with E-state index in [0.717, 1.165) is 32.9 Å². The number of benzene rings is 2. The van der Waals surface area contributed by atoms with Crippen LogP contribution in [0, 0.1) is 20.8 Å². The predicted molar refractivity (Wildman–Crippen MR) is 122 cm³/mol. The van der Waals surface area contributed by atoms with E-state index in [9.17, 15) is 9.59 Å². The number of amides is 2. The first-order valence-electron chi connectivity index (χ1n) is 9.97. The van der Waals surface area contributed by atoms with E-state index in [1.54, 1.807) is 10.6 Å². The lowest BCUT2D eigenvalue weighted by Gasteiger charge is -2.08. The average Bonchev–Trinajstić information content (AvgIpc) is 3.32. The van der Waals surface area contributed by atoms with E-state index in [1.165, 1.54) is 11.3 Å². The smallest absolute Gasteiger partial charge is 0.313 e. The van der Waals surface area contributed by atoms with E-state index in [2.05, 4.69) is 20.7 Å². The molecular formula is C23H23N5O2S. The number of aromatic nitrogens is 3. The van der Waals surface area contributed by atoms with Crippen molar-refractivity contribution in [3.05, 3.63) is 70.2 Å². The summed E-state index contributed by atoms with van der Waals surface area (Å²) in [5.74, 6) is -0.668. The number of anilines is 1. The monoisotopic (exact) mass is 433 g/mol. The van der Waals surface area contributed by atoms with Crippen molar-refractivity contribution in [2.45, 2.75) is 27.2 Å². The quantitative estimate of drug-likeness (QED) is 0.470. The molecule has 158 valence electrons. The topological polar surface area (TPSA) is 88.4 Å². The molecule has 0 saturated heterocycles. The molecule has 0 atom stereocenters. The fourth-order valence-electron chi connectivity index (χ4n) is 3.19. The van der Waals surface area contributed by atoms with Gasteiger partial charge in [0, 0.05) is 29.6 Å². The number of nitrogens with one attached hydrogen (secondary N) is 2. The van der Waals surface area contributed by atoms with Gasteiger partial charge in [0.25, 0.3) is 0 Å². The molecule has 2 N–H and O–H groups in total. The minimum absolute atomic E-state index is 0.324. The maximum atomic E-state index is 12.2. The Bertz CT molecular complexity index is 1270. The molecular weight excluding hydrogens is 410 g/mol. The number of carbonyl (C=O) groups excluding carboxylic acids is 2. The molecule has 0 saturated carbocycles. The summed E-state index contributed by atoms with van der Waals surface area (Å²) in [6.45, 7) is 6.31. The summed E-state index contributed by atoms with van der Waals surface area (Å²) in [4.78, 5) is 29.7. The zero-order valence-corrected chi connectivity index (χ0v) is 18.4. The van der Waals surface area contributed by atoms with E-state index < -0.39 is 11.8 Å². The third kappa shape index (κ3) is 4.64. The Kier molecular flexibility index (Phi) is 5.81. The average molecular weight is 434 g/mol. The lowest BCUT2D eigenvalue weighted by Crippen LogP contribution is -2.36. The molecule has 2 aromatic carbocycles. The van der Waals surface area contributed by atoms with Gasteiger partial charge >= 0.3 is 11.8 Å². The van der Waals surface area contributed by atoms with Crippen LogP contribution in [0.1, 0.15) is 22.4 Å². The third-order valence-corrected chi connectivity index (χ3v) is 5.93. The van der Waals surface area contributed by atoms with Crippen molar-refractivity contribution in [3.63, 3.8) is 0 Å². The minimum atomic E-state index is -0.679. The lowest BCUT2D eigenvalue weighted by atomic mass is 10.1. The molecule has 0 aliphatic rings. The molecule has 2 heterocycles. The molecule has 0 bridgehead atoms. The van der Waals surface area contributed by atoms with Crippen LogP contribution in [0.2, 0.25) is 0 Å². The van der Waals surface area contributed by atoms with Gasteiger partial charge in [0.05, 0.1) is 5.69 Å². The van der Waals surface area contributed by atoms with Crippen molar-refractivity contribution in [1.29, 1.82) is 0 Å². The summed E-state index contributed by atoms with van der Waals surface area (Å²) in [6.07, 6.45) is 0.541. The van der Waals surface area contributed by atoms with Gasteiger partial charge in [-0.1, -0.05) is 29.8 Å². The number of fused-ring (bicyclic) bond motifs is 1. The van der Waals surface area contributed by atoms with Crippen LogP contribution < -0.4 is 10.6 Å². The van der Waals surface area contributed by atoms with Gasteiger partial charge in [-0.25, -0.2) is 4.52 Å². The van der Waals surface area contributed by atoms with Crippen LogP contribution in [0.25, 0.3) is 16.3 Å². The Labute approximate surface area is 184 Å². The Morgan fingerprint density at radius 1 is 1.03 bits per heavy atom. The number of carbonyl (C=O) groups is 2. The van der Waals surface area contributed by atoms with E-state index in [-0.39, 0.29) is 0 Å². The lowest BCUT2D eigenvalue weighted by molar-refractivity contribution is -0.136. The fraction of sp³-hybridized carbons (Fsp3) is 0.217. The number of thiazole rings is 1. The Hall–Kier alpha value is -3.52. The molecule has 0 unspecified atom stereocenters. The summed E-state index contributed by atoms with van der Waals surface area (Å²) in [5, 5.41) is 11.9. The van der Waals surface area contributed by atoms with Crippen molar-refractivity contribution < 1.29 is 9.59 Å². The molecule has 2 aromatic heterocycles. The molecule has 8 heteroatoms. The van der Waals surface area contributed by atoms with Crippen LogP contribution >= 0.6 is 11.3 Å². The molecule has 4 rings (SSSR count). The zero-order chi connectivity index (χ0) is 22.0. The molecule has 0 spiro atoms. The van der Waals surface area contributed by atoms with Crippen molar-refractivity contribution in [1.82, 2.24) is 19.9 Å². The maximum Gasteiger partial charge on any atom is 0.313 e. The van der Waals surface area contributed by atoms with Crippen molar-refractivity contribution in [2.24, 2.45) is 0 Å². The standard InChI is InChI=1S/C23H23N5O2S/c1-14-5-4-6-17(11-14)20-26-23-28(27-20)19(13-31-23)9-10-24-21(29)22(30)25-18-8-7-15(2)16(3)12-18/h4-8,11-13H,9-10H2,1-3H3,(H,24,29)(H,25,30). The first-order chi connectivity index (χ1) is 14.9. The van der Waals surface area contributed by atoms with Gasteiger partial charge in [-0.15, -0.1) is 16.4 Å². The second-order valence-corrected chi connectivity index (χ2v) is 8.32. The van der Waals surface area contributed by atoms with Gasteiger partial charge in [-0.2, -0.15) is 4.98 Å². The highest BCUT2D eigenvalue weighted by atomic mass is 32.1. The van der Waals surface area contributed by atoms with Gasteiger partial charge in [0.15, 0.2) is 5.82 Å². The molecule has 4 aromatic rings. The van der Waals surface area contributed by atoms with Gasteiger partial charge in [-0.3, -0.25) is 9.59 Å². The first kappa shape index (κ1) is 20.7. The van der Waals surface area contributed by atoms with Crippen molar-refractivity contribution in [2.75, 3.05) is 11.9 Å². The Balaban J connectivity index is 1.36. The number of nitrogens with zero attached hydrogens (tertiary/aromatic N) is 3. The van der Waals surface area contributed by atoms with Crippen LogP contribution in [-0.4, -0.2) is 33.0 Å². The second kappa shape index (κ2) is 8.69. The largest absolute Gasteiger partial charge is 0.347 e. The van der Waals surface area contributed by atoms with Crippen molar-refractivity contribution >= 4 is 33.8 Å².